The SMILES string of the molecule is CC1CC1C(=O)Nc1ccc(C=CC(=O)O)c(F)c1. The summed E-state index contributed by atoms with van der Waals surface area (Å²) in [4.78, 5) is 22.0. The number of aliphatic carboxylic acids is 1. The monoisotopic (exact) mass is 263 g/mol. The highest BCUT2D eigenvalue weighted by atomic mass is 19.1. The maximum atomic E-state index is 13.6. The molecule has 4 nitrogen and oxygen atoms in total. The molecular weight excluding hydrogens is 249 g/mol. The molecule has 2 unspecified atom stereocenters. The molecule has 0 heterocycles. The molecule has 5 heteroatoms. The van der Waals surface area contributed by atoms with Crippen LogP contribution >= 0.6 is 0 Å². The molecule has 1 amide bonds. The molecule has 1 aromatic carbocycles. The summed E-state index contributed by atoms with van der Waals surface area (Å²) in [5.74, 6) is -1.39. The summed E-state index contributed by atoms with van der Waals surface area (Å²) in [5.41, 5.74) is 0.550. The highest BCUT2D eigenvalue weighted by molar-refractivity contribution is 5.94. The fourth-order valence-electron chi connectivity index (χ4n) is 1.82. The van der Waals surface area contributed by atoms with E-state index in [2.05, 4.69) is 5.32 Å². The molecule has 19 heavy (non-hydrogen) atoms. The molecule has 0 bridgehead atoms. The first-order valence-electron chi connectivity index (χ1n) is 5.99. The molecule has 2 N–H and O–H groups in total. The van der Waals surface area contributed by atoms with Crippen LogP contribution in [0.5, 0.6) is 0 Å². The van der Waals surface area contributed by atoms with Crippen molar-refractivity contribution in [3.63, 3.8) is 0 Å². The zero-order valence-corrected chi connectivity index (χ0v) is 10.4. The average Bonchev–Trinajstić information content (AvgIpc) is 3.05. The highest BCUT2D eigenvalue weighted by Gasteiger charge is 2.39. The normalized spacial score (nSPS) is 21.4. The largest absolute Gasteiger partial charge is 0.478 e. The van der Waals surface area contributed by atoms with Crippen LogP contribution in [-0.2, 0) is 9.59 Å². The van der Waals surface area contributed by atoms with Crippen LogP contribution in [0.4, 0.5) is 10.1 Å². The summed E-state index contributed by atoms with van der Waals surface area (Å²) in [5, 5.41) is 11.1. The van der Waals surface area contributed by atoms with Crippen molar-refractivity contribution in [1.29, 1.82) is 0 Å². The molecule has 0 aromatic heterocycles. The lowest BCUT2D eigenvalue weighted by Gasteiger charge is -2.05. The third-order valence-corrected chi connectivity index (χ3v) is 3.12. The molecule has 1 aromatic rings. The van der Waals surface area contributed by atoms with Gasteiger partial charge in [-0.2, -0.15) is 0 Å². The Hall–Kier alpha value is -2.17. The fraction of sp³-hybridized carbons (Fsp3) is 0.286. The van der Waals surface area contributed by atoms with E-state index in [9.17, 15) is 14.0 Å². The van der Waals surface area contributed by atoms with Gasteiger partial charge in [-0.25, -0.2) is 9.18 Å². The maximum absolute atomic E-state index is 13.6. The second-order valence-corrected chi connectivity index (χ2v) is 4.72. The van der Waals surface area contributed by atoms with Gasteiger partial charge in [0.1, 0.15) is 5.82 Å². The Morgan fingerprint density at radius 1 is 1.47 bits per heavy atom. The molecule has 1 aliphatic rings. The fourth-order valence-corrected chi connectivity index (χ4v) is 1.82. The Labute approximate surface area is 109 Å². The molecule has 2 rings (SSSR count). The molecule has 2 atom stereocenters. The number of benzene rings is 1. The minimum atomic E-state index is -1.14. The number of amides is 1. The van der Waals surface area contributed by atoms with Crippen molar-refractivity contribution in [2.45, 2.75) is 13.3 Å². The van der Waals surface area contributed by atoms with Crippen LogP contribution in [0.2, 0.25) is 0 Å². The molecule has 100 valence electrons. The van der Waals surface area contributed by atoms with Crippen molar-refractivity contribution in [3.05, 3.63) is 35.7 Å². The predicted molar refractivity (Wildman–Crippen MR) is 69.0 cm³/mol. The Bertz CT molecular complexity index is 554. The van der Waals surface area contributed by atoms with Gasteiger partial charge in [0.25, 0.3) is 0 Å². The van der Waals surface area contributed by atoms with Crippen molar-refractivity contribution in [2.75, 3.05) is 5.32 Å². The summed E-state index contributed by atoms with van der Waals surface area (Å²) in [7, 11) is 0. The van der Waals surface area contributed by atoms with Crippen LogP contribution in [0.15, 0.2) is 24.3 Å². The van der Waals surface area contributed by atoms with E-state index < -0.39 is 11.8 Å². The van der Waals surface area contributed by atoms with E-state index in [0.29, 0.717) is 11.6 Å². The zero-order chi connectivity index (χ0) is 14.0. The predicted octanol–water partition coefficient (Wildman–Crippen LogP) is 2.52. The first kappa shape index (κ1) is 13.3. The van der Waals surface area contributed by atoms with Gasteiger partial charge in [-0.05, 0) is 36.6 Å². The Morgan fingerprint density at radius 3 is 2.68 bits per heavy atom. The van der Waals surface area contributed by atoms with Gasteiger partial charge in [0.15, 0.2) is 0 Å². The summed E-state index contributed by atoms with van der Waals surface area (Å²) in [6.45, 7) is 1.99. The smallest absolute Gasteiger partial charge is 0.328 e. The van der Waals surface area contributed by atoms with Gasteiger partial charge in [0.05, 0.1) is 0 Å². The van der Waals surface area contributed by atoms with Crippen LogP contribution < -0.4 is 5.32 Å². The lowest BCUT2D eigenvalue weighted by molar-refractivity contribution is -0.131. The summed E-state index contributed by atoms with van der Waals surface area (Å²) >= 11 is 0. The number of nitrogens with one attached hydrogen (secondary N) is 1. The quantitative estimate of drug-likeness (QED) is 0.820. The van der Waals surface area contributed by atoms with Crippen molar-refractivity contribution >= 4 is 23.6 Å². The van der Waals surface area contributed by atoms with Crippen molar-refractivity contribution < 1.29 is 19.1 Å². The van der Waals surface area contributed by atoms with Crippen LogP contribution in [0, 0.1) is 17.7 Å². The third-order valence-electron chi connectivity index (χ3n) is 3.12. The molecule has 1 aliphatic carbocycles. The van der Waals surface area contributed by atoms with Crippen LogP contribution in [-0.4, -0.2) is 17.0 Å². The third kappa shape index (κ3) is 3.40. The van der Waals surface area contributed by atoms with Crippen LogP contribution in [0.25, 0.3) is 6.08 Å². The van der Waals surface area contributed by atoms with Gasteiger partial charge in [-0.15, -0.1) is 0 Å². The van der Waals surface area contributed by atoms with Gasteiger partial charge in [-0.3, -0.25) is 4.79 Å². The van der Waals surface area contributed by atoms with Gasteiger partial charge < -0.3 is 10.4 Å². The number of anilines is 1. The standard InChI is InChI=1S/C14H14FNO3/c1-8-6-11(8)14(19)16-10-4-2-9(12(15)7-10)3-5-13(17)18/h2-5,7-8,11H,6H2,1H3,(H,16,19)(H,17,18). The minimum Gasteiger partial charge on any atom is -0.478 e. The number of hydrogen-bond acceptors (Lipinski definition) is 2. The molecule has 1 fully saturated rings. The minimum absolute atomic E-state index is 0.0228. The Morgan fingerprint density at radius 2 is 2.16 bits per heavy atom. The zero-order valence-electron chi connectivity index (χ0n) is 10.4. The lowest BCUT2D eigenvalue weighted by atomic mass is 10.1. The summed E-state index contributed by atoms with van der Waals surface area (Å²) in [6.07, 6.45) is 2.91. The average molecular weight is 263 g/mol. The van der Waals surface area contributed by atoms with Gasteiger partial charge in [0, 0.05) is 23.2 Å². The topological polar surface area (TPSA) is 66.4 Å². The lowest BCUT2D eigenvalue weighted by Crippen LogP contribution is -2.14. The first-order valence-corrected chi connectivity index (χ1v) is 5.99. The Balaban J connectivity index is 2.06. The first-order chi connectivity index (χ1) is 8.97. The number of carboxylic acids is 1. The highest BCUT2D eigenvalue weighted by Crippen LogP contribution is 2.38. The number of carboxylic acid groups (broad SMARTS) is 1. The van der Waals surface area contributed by atoms with E-state index in [-0.39, 0.29) is 17.4 Å². The van der Waals surface area contributed by atoms with E-state index in [0.717, 1.165) is 12.5 Å². The van der Waals surface area contributed by atoms with E-state index in [1.54, 1.807) is 6.07 Å². The van der Waals surface area contributed by atoms with Crippen LogP contribution in [0.3, 0.4) is 0 Å². The summed E-state index contributed by atoms with van der Waals surface area (Å²) < 4.78 is 13.6. The van der Waals surface area contributed by atoms with E-state index in [4.69, 9.17) is 5.11 Å². The maximum Gasteiger partial charge on any atom is 0.328 e. The summed E-state index contributed by atoms with van der Waals surface area (Å²) in [6, 6.07) is 4.17. The molecule has 0 radical (unpaired) electrons. The van der Waals surface area contributed by atoms with Crippen molar-refractivity contribution in [3.8, 4) is 0 Å². The molecule has 1 saturated carbocycles. The van der Waals surface area contributed by atoms with Crippen LogP contribution in [0.1, 0.15) is 18.9 Å². The van der Waals surface area contributed by atoms with E-state index >= 15 is 0 Å². The second-order valence-electron chi connectivity index (χ2n) is 4.72. The van der Waals surface area contributed by atoms with E-state index in [1.165, 1.54) is 18.2 Å². The number of hydrogen-bond donors (Lipinski definition) is 2. The molecular formula is C14H14FNO3. The second kappa shape index (κ2) is 5.22. The van der Waals surface area contributed by atoms with E-state index in [1.807, 2.05) is 6.92 Å². The van der Waals surface area contributed by atoms with Crippen molar-refractivity contribution in [2.24, 2.45) is 11.8 Å². The molecule has 0 spiro atoms. The van der Waals surface area contributed by atoms with Gasteiger partial charge in [-0.1, -0.05) is 6.92 Å². The van der Waals surface area contributed by atoms with Crippen molar-refractivity contribution in [1.82, 2.24) is 0 Å². The van der Waals surface area contributed by atoms with Gasteiger partial charge >= 0.3 is 5.97 Å². The number of carbonyl (C=O) groups excluding carboxylic acids is 1. The molecule has 0 saturated heterocycles. The van der Waals surface area contributed by atoms with Gasteiger partial charge in [0.2, 0.25) is 5.91 Å². The number of rotatable bonds is 4. The number of carbonyl (C=O) groups is 2. The Kier molecular flexibility index (Phi) is 3.64. The molecule has 0 aliphatic heterocycles. The number of halogens is 1.